The fourth-order valence-corrected chi connectivity index (χ4v) is 3.60. The van der Waals surface area contributed by atoms with E-state index in [1.54, 1.807) is 0 Å². The van der Waals surface area contributed by atoms with E-state index >= 15 is 0 Å². The minimum atomic E-state index is 0.0748. The Morgan fingerprint density at radius 3 is 2.43 bits per heavy atom. The first-order valence-corrected chi connectivity index (χ1v) is 8.40. The number of nitrogens with zero attached hydrogens (tertiary/aromatic N) is 1. The molecule has 2 rings (SSSR count). The first-order valence-electron chi connectivity index (χ1n) is 7.58. The fraction of sp³-hybridized carbons (Fsp3) is 0.500. The van der Waals surface area contributed by atoms with E-state index in [9.17, 15) is 0 Å². The average Bonchev–Trinajstić information content (AvgIpc) is 2.81. The van der Waals surface area contributed by atoms with E-state index in [0.29, 0.717) is 6.04 Å². The number of benzene rings is 1. The topological polar surface area (TPSA) is 24.9 Å². The molecule has 0 radical (unpaired) electrons. The third-order valence-electron chi connectivity index (χ3n) is 3.45. The van der Waals surface area contributed by atoms with Gasteiger partial charge in [0.1, 0.15) is 5.01 Å². The molecule has 2 aromatic rings. The van der Waals surface area contributed by atoms with E-state index in [1.807, 2.05) is 11.3 Å². The number of rotatable bonds is 4. The van der Waals surface area contributed by atoms with Crippen molar-refractivity contribution >= 4 is 11.3 Å². The maximum atomic E-state index is 4.97. The molecule has 0 amide bonds. The number of thiazole rings is 1. The van der Waals surface area contributed by atoms with Gasteiger partial charge in [-0.15, -0.1) is 11.3 Å². The summed E-state index contributed by atoms with van der Waals surface area (Å²) in [5.74, 6) is 0. The van der Waals surface area contributed by atoms with E-state index in [2.05, 4.69) is 71.1 Å². The van der Waals surface area contributed by atoms with Gasteiger partial charge in [-0.25, -0.2) is 4.98 Å². The van der Waals surface area contributed by atoms with E-state index in [0.717, 1.165) is 11.6 Å². The van der Waals surface area contributed by atoms with E-state index in [1.165, 1.54) is 21.7 Å². The van der Waals surface area contributed by atoms with Crippen LogP contribution in [0, 0.1) is 6.92 Å². The summed E-state index contributed by atoms with van der Waals surface area (Å²) in [4.78, 5) is 6.32. The molecule has 21 heavy (non-hydrogen) atoms. The van der Waals surface area contributed by atoms with E-state index < -0.39 is 0 Å². The Morgan fingerprint density at radius 1 is 1.19 bits per heavy atom. The molecule has 1 aromatic heterocycles. The molecule has 0 unspecified atom stereocenters. The molecule has 1 N–H and O–H groups in total. The SMILES string of the molecule is Cc1ccccc1-c1nc(C(C)(C)C)c(CNC(C)C)s1. The molecule has 0 atom stereocenters. The van der Waals surface area contributed by atoms with Crippen molar-refractivity contribution < 1.29 is 0 Å². The van der Waals surface area contributed by atoms with Gasteiger partial charge < -0.3 is 5.32 Å². The third kappa shape index (κ3) is 3.92. The highest BCUT2D eigenvalue weighted by Gasteiger charge is 2.23. The van der Waals surface area contributed by atoms with Crippen LogP contribution < -0.4 is 5.32 Å². The Bertz CT molecular complexity index is 606. The quantitative estimate of drug-likeness (QED) is 0.867. The van der Waals surface area contributed by atoms with Gasteiger partial charge in [0.25, 0.3) is 0 Å². The lowest BCUT2D eigenvalue weighted by Crippen LogP contribution is -2.23. The molecule has 1 heterocycles. The number of nitrogens with one attached hydrogen (secondary N) is 1. The molecule has 0 saturated carbocycles. The van der Waals surface area contributed by atoms with Gasteiger partial charge in [0, 0.05) is 28.4 Å². The Labute approximate surface area is 132 Å². The average molecular weight is 302 g/mol. The minimum absolute atomic E-state index is 0.0748. The largest absolute Gasteiger partial charge is 0.310 e. The minimum Gasteiger partial charge on any atom is -0.310 e. The van der Waals surface area contributed by atoms with Crippen LogP contribution in [0.25, 0.3) is 10.6 Å². The molecule has 0 spiro atoms. The van der Waals surface area contributed by atoms with Crippen LogP contribution in [0.4, 0.5) is 0 Å². The van der Waals surface area contributed by atoms with Crippen molar-refractivity contribution in [1.82, 2.24) is 10.3 Å². The fourth-order valence-electron chi connectivity index (χ4n) is 2.28. The van der Waals surface area contributed by atoms with Crippen molar-refractivity contribution in [2.45, 2.75) is 59.5 Å². The van der Waals surface area contributed by atoms with Gasteiger partial charge in [-0.2, -0.15) is 0 Å². The Morgan fingerprint density at radius 2 is 1.86 bits per heavy atom. The summed E-state index contributed by atoms with van der Waals surface area (Å²) in [6.45, 7) is 14.1. The summed E-state index contributed by atoms with van der Waals surface area (Å²) >= 11 is 1.82. The highest BCUT2D eigenvalue weighted by atomic mass is 32.1. The van der Waals surface area contributed by atoms with Gasteiger partial charge in [0.15, 0.2) is 0 Å². The van der Waals surface area contributed by atoms with Crippen molar-refractivity contribution in [3.8, 4) is 10.6 Å². The maximum absolute atomic E-state index is 4.97. The normalized spacial score (nSPS) is 12.1. The van der Waals surface area contributed by atoms with Crippen LogP contribution in [-0.4, -0.2) is 11.0 Å². The van der Waals surface area contributed by atoms with Crippen molar-refractivity contribution in [3.05, 3.63) is 40.4 Å². The number of hydrogen-bond acceptors (Lipinski definition) is 3. The Kier molecular flexibility index (Phi) is 4.84. The standard InChI is InChI=1S/C18H26N2S/c1-12(2)19-11-15-16(18(4,5)6)20-17(21-15)14-10-8-7-9-13(14)3/h7-10,12,19H,11H2,1-6H3. The smallest absolute Gasteiger partial charge is 0.124 e. The van der Waals surface area contributed by atoms with Gasteiger partial charge in [-0.05, 0) is 12.5 Å². The van der Waals surface area contributed by atoms with Crippen LogP contribution >= 0.6 is 11.3 Å². The molecule has 2 nitrogen and oxygen atoms in total. The third-order valence-corrected chi connectivity index (χ3v) is 4.54. The first kappa shape index (κ1) is 16.2. The molecule has 0 saturated heterocycles. The van der Waals surface area contributed by atoms with Crippen LogP contribution in [0.2, 0.25) is 0 Å². The van der Waals surface area contributed by atoms with Crippen LogP contribution in [-0.2, 0) is 12.0 Å². The molecule has 114 valence electrons. The second kappa shape index (κ2) is 6.29. The first-order chi connectivity index (χ1) is 9.79. The molecule has 0 aliphatic heterocycles. The summed E-state index contributed by atoms with van der Waals surface area (Å²) < 4.78 is 0. The molecule has 0 bridgehead atoms. The highest BCUT2D eigenvalue weighted by Crippen LogP contribution is 2.35. The van der Waals surface area contributed by atoms with Crippen molar-refractivity contribution in [1.29, 1.82) is 0 Å². The predicted molar refractivity (Wildman–Crippen MR) is 93.0 cm³/mol. The molecule has 0 aliphatic rings. The van der Waals surface area contributed by atoms with Crippen LogP contribution in [0.5, 0.6) is 0 Å². The lowest BCUT2D eigenvalue weighted by Gasteiger charge is -2.18. The van der Waals surface area contributed by atoms with Crippen molar-refractivity contribution in [2.75, 3.05) is 0 Å². The van der Waals surface area contributed by atoms with E-state index in [4.69, 9.17) is 4.98 Å². The summed E-state index contributed by atoms with van der Waals surface area (Å²) in [7, 11) is 0. The van der Waals surface area contributed by atoms with Crippen molar-refractivity contribution in [3.63, 3.8) is 0 Å². The second-order valence-corrected chi connectivity index (χ2v) is 7.97. The number of hydrogen-bond donors (Lipinski definition) is 1. The monoisotopic (exact) mass is 302 g/mol. The second-order valence-electron chi connectivity index (χ2n) is 6.89. The molecule has 3 heteroatoms. The maximum Gasteiger partial charge on any atom is 0.124 e. The predicted octanol–water partition coefficient (Wildman–Crippen LogP) is 4.91. The number of aryl methyl sites for hydroxylation is 1. The molecule has 0 aliphatic carbocycles. The lowest BCUT2D eigenvalue weighted by molar-refractivity contribution is 0.546. The molecule has 0 fully saturated rings. The summed E-state index contributed by atoms with van der Waals surface area (Å²) in [5, 5.41) is 4.66. The van der Waals surface area contributed by atoms with Gasteiger partial charge in [-0.3, -0.25) is 0 Å². The summed E-state index contributed by atoms with van der Waals surface area (Å²) in [5.41, 5.74) is 3.84. The van der Waals surface area contributed by atoms with Gasteiger partial charge in [0.2, 0.25) is 0 Å². The van der Waals surface area contributed by atoms with Crippen LogP contribution in [0.15, 0.2) is 24.3 Å². The summed E-state index contributed by atoms with van der Waals surface area (Å²) in [6, 6.07) is 8.98. The summed E-state index contributed by atoms with van der Waals surface area (Å²) in [6.07, 6.45) is 0. The lowest BCUT2D eigenvalue weighted by atomic mass is 9.91. The Balaban J connectivity index is 2.43. The molecule has 1 aromatic carbocycles. The Hall–Kier alpha value is -1.19. The van der Waals surface area contributed by atoms with Crippen LogP contribution in [0.3, 0.4) is 0 Å². The zero-order chi connectivity index (χ0) is 15.6. The molecular formula is C18H26N2S. The highest BCUT2D eigenvalue weighted by molar-refractivity contribution is 7.15. The van der Waals surface area contributed by atoms with Gasteiger partial charge in [-0.1, -0.05) is 58.9 Å². The van der Waals surface area contributed by atoms with E-state index in [-0.39, 0.29) is 5.41 Å². The number of aromatic nitrogens is 1. The van der Waals surface area contributed by atoms with Gasteiger partial charge >= 0.3 is 0 Å². The molecular weight excluding hydrogens is 276 g/mol. The zero-order valence-corrected chi connectivity index (χ0v) is 14.8. The van der Waals surface area contributed by atoms with Crippen LogP contribution in [0.1, 0.15) is 50.8 Å². The van der Waals surface area contributed by atoms with Crippen molar-refractivity contribution in [2.24, 2.45) is 0 Å². The van der Waals surface area contributed by atoms with Gasteiger partial charge in [0.05, 0.1) is 5.69 Å². The zero-order valence-electron chi connectivity index (χ0n) is 13.9.